The van der Waals surface area contributed by atoms with E-state index in [1.54, 1.807) is 43.3 Å². The van der Waals surface area contributed by atoms with Crippen molar-refractivity contribution in [3.8, 4) is 0 Å². The van der Waals surface area contributed by atoms with Gasteiger partial charge in [0.25, 0.3) is 5.91 Å². The first kappa shape index (κ1) is 21.3. The first-order valence-electron chi connectivity index (χ1n) is 10.2. The Hall–Kier alpha value is -3.94. The lowest BCUT2D eigenvalue weighted by Gasteiger charge is -2.25. The zero-order chi connectivity index (χ0) is 23.0. The van der Waals surface area contributed by atoms with Gasteiger partial charge >= 0.3 is 17.9 Å². The third kappa shape index (κ3) is 3.64. The van der Waals surface area contributed by atoms with E-state index in [9.17, 15) is 19.2 Å². The molecule has 0 spiro atoms. The fourth-order valence-corrected chi connectivity index (χ4v) is 3.85. The molecule has 2 unspecified atom stereocenters. The summed E-state index contributed by atoms with van der Waals surface area (Å²) in [5.41, 5.74) is 2.56. The van der Waals surface area contributed by atoms with Gasteiger partial charge in [0.1, 0.15) is 12.0 Å². The van der Waals surface area contributed by atoms with Crippen molar-refractivity contribution in [2.75, 3.05) is 16.8 Å². The van der Waals surface area contributed by atoms with Crippen LogP contribution in [-0.2, 0) is 28.7 Å². The molecule has 0 saturated carbocycles. The van der Waals surface area contributed by atoms with Gasteiger partial charge in [-0.1, -0.05) is 35.4 Å². The lowest BCUT2D eigenvalue weighted by atomic mass is 9.94. The van der Waals surface area contributed by atoms with E-state index in [0.717, 1.165) is 11.1 Å². The standard InChI is InChI=1S/C24H22N2O6/c1-4-31-22(28)18-20-17(23(29)32-24(18)30)19(25-15-9-5-13(2)6-10-15)21(27)26(20)16-11-7-14(3)8-12-16/h5-12,17,19,25H,4H2,1-3H3. The molecular weight excluding hydrogens is 412 g/mol. The number of hydrogen-bond donors (Lipinski definition) is 1. The number of carbonyl (C=O) groups is 4. The average Bonchev–Trinajstić information content (AvgIpc) is 3.03. The molecule has 2 aromatic rings. The highest BCUT2D eigenvalue weighted by Crippen LogP contribution is 2.41. The fraction of sp³-hybridized carbons (Fsp3) is 0.250. The van der Waals surface area contributed by atoms with Crippen LogP contribution in [-0.4, -0.2) is 36.5 Å². The number of benzene rings is 2. The van der Waals surface area contributed by atoms with E-state index in [1.165, 1.54) is 4.90 Å². The maximum atomic E-state index is 13.6. The monoisotopic (exact) mass is 434 g/mol. The number of hydrogen-bond acceptors (Lipinski definition) is 7. The van der Waals surface area contributed by atoms with Crippen LogP contribution in [0.25, 0.3) is 0 Å². The van der Waals surface area contributed by atoms with E-state index in [1.807, 2.05) is 26.0 Å². The summed E-state index contributed by atoms with van der Waals surface area (Å²) in [6, 6.07) is 13.2. The number of cyclic esters (lactones) is 2. The minimum Gasteiger partial charge on any atom is -0.462 e. The van der Waals surface area contributed by atoms with Gasteiger partial charge in [0.15, 0.2) is 5.57 Å². The number of esters is 3. The van der Waals surface area contributed by atoms with Gasteiger partial charge in [0, 0.05) is 11.4 Å². The van der Waals surface area contributed by atoms with E-state index in [-0.39, 0.29) is 12.3 Å². The van der Waals surface area contributed by atoms with Gasteiger partial charge in [-0.25, -0.2) is 9.59 Å². The minimum absolute atomic E-state index is 0.0189. The van der Waals surface area contributed by atoms with E-state index in [4.69, 9.17) is 9.47 Å². The molecule has 0 bridgehead atoms. The molecule has 0 aromatic heterocycles. The van der Waals surface area contributed by atoms with Crippen molar-refractivity contribution in [2.45, 2.75) is 26.8 Å². The lowest BCUT2D eigenvalue weighted by molar-refractivity contribution is -0.162. The molecule has 2 heterocycles. The molecule has 8 nitrogen and oxygen atoms in total. The number of nitrogens with zero attached hydrogens (tertiary/aromatic N) is 1. The van der Waals surface area contributed by atoms with E-state index < -0.39 is 41.3 Å². The molecule has 8 heteroatoms. The Morgan fingerprint density at radius 1 is 1.00 bits per heavy atom. The molecule has 1 amide bonds. The van der Waals surface area contributed by atoms with E-state index >= 15 is 0 Å². The van der Waals surface area contributed by atoms with Crippen LogP contribution in [0.5, 0.6) is 0 Å². The number of nitrogens with one attached hydrogen (secondary N) is 1. The van der Waals surface area contributed by atoms with Crippen molar-refractivity contribution in [1.82, 2.24) is 0 Å². The predicted molar refractivity (Wildman–Crippen MR) is 116 cm³/mol. The zero-order valence-electron chi connectivity index (χ0n) is 17.9. The number of ether oxygens (including phenoxy) is 2. The number of carbonyl (C=O) groups excluding carboxylic acids is 4. The third-order valence-electron chi connectivity index (χ3n) is 5.41. The number of amides is 1. The van der Waals surface area contributed by atoms with Crippen molar-refractivity contribution < 1.29 is 28.7 Å². The zero-order valence-corrected chi connectivity index (χ0v) is 17.9. The number of anilines is 2. The third-order valence-corrected chi connectivity index (χ3v) is 5.41. The summed E-state index contributed by atoms with van der Waals surface area (Å²) >= 11 is 0. The summed E-state index contributed by atoms with van der Waals surface area (Å²) in [4.78, 5) is 52.8. The van der Waals surface area contributed by atoms with Crippen LogP contribution in [0.2, 0.25) is 0 Å². The average molecular weight is 434 g/mol. The summed E-state index contributed by atoms with van der Waals surface area (Å²) in [5.74, 6) is -4.64. The van der Waals surface area contributed by atoms with Crippen LogP contribution < -0.4 is 10.2 Å². The number of rotatable bonds is 5. The molecule has 4 rings (SSSR count). The van der Waals surface area contributed by atoms with Gasteiger partial charge in [-0.15, -0.1) is 0 Å². The molecule has 1 N–H and O–H groups in total. The summed E-state index contributed by atoms with van der Waals surface area (Å²) < 4.78 is 9.90. The minimum atomic E-state index is -1.19. The highest BCUT2D eigenvalue weighted by atomic mass is 16.6. The summed E-state index contributed by atoms with van der Waals surface area (Å²) in [7, 11) is 0. The SMILES string of the molecule is CCOC(=O)C1=C2C(C(=O)OC1=O)C(Nc1ccc(C)cc1)C(=O)N2c1ccc(C)cc1. The molecule has 32 heavy (non-hydrogen) atoms. The maximum absolute atomic E-state index is 13.6. The molecule has 2 aliphatic heterocycles. The normalized spacial score (nSPS) is 20.2. The van der Waals surface area contributed by atoms with Crippen molar-refractivity contribution in [1.29, 1.82) is 0 Å². The quantitative estimate of drug-likeness (QED) is 0.438. The molecule has 1 saturated heterocycles. The first-order valence-corrected chi connectivity index (χ1v) is 10.2. The molecular formula is C24H22N2O6. The smallest absolute Gasteiger partial charge is 0.355 e. The van der Waals surface area contributed by atoms with Gasteiger partial charge < -0.3 is 14.8 Å². The molecule has 2 aliphatic rings. The van der Waals surface area contributed by atoms with Crippen molar-refractivity contribution in [3.63, 3.8) is 0 Å². The Bertz CT molecular complexity index is 1130. The van der Waals surface area contributed by atoms with Crippen molar-refractivity contribution >= 4 is 35.2 Å². The molecule has 2 aromatic carbocycles. The number of aryl methyl sites for hydroxylation is 2. The first-order chi connectivity index (χ1) is 15.3. The highest BCUT2D eigenvalue weighted by Gasteiger charge is 2.56. The Morgan fingerprint density at radius 2 is 1.59 bits per heavy atom. The van der Waals surface area contributed by atoms with Gasteiger partial charge in [-0.05, 0) is 45.0 Å². The van der Waals surface area contributed by atoms with Crippen LogP contribution in [0.4, 0.5) is 11.4 Å². The van der Waals surface area contributed by atoms with Crippen LogP contribution in [0.3, 0.4) is 0 Å². The summed E-state index contributed by atoms with van der Waals surface area (Å²) in [6.07, 6.45) is 0. The highest BCUT2D eigenvalue weighted by molar-refractivity contribution is 6.24. The summed E-state index contributed by atoms with van der Waals surface area (Å²) in [5, 5.41) is 3.08. The van der Waals surface area contributed by atoms with Crippen LogP contribution in [0.15, 0.2) is 59.8 Å². The second-order valence-corrected chi connectivity index (χ2v) is 7.66. The Morgan fingerprint density at radius 3 is 2.19 bits per heavy atom. The molecule has 0 radical (unpaired) electrons. The summed E-state index contributed by atoms with van der Waals surface area (Å²) in [6.45, 7) is 5.44. The second kappa shape index (κ2) is 8.30. The van der Waals surface area contributed by atoms with E-state index in [0.29, 0.717) is 11.4 Å². The fourth-order valence-electron chi connectivity index (χ4n) is 3.85. The Balaban J connectivity index is 1.88. The van der Waals surface area contributed by atoms with Gasteiger partial charge in [-0.3, -0.25) is 14.5 Å². The second-order valence-electron chi connectivity index (χ2n) is 7.66. The van der Waals surface area contributed by atoms with Crippen LogP contribution in [0, 0.1) is 19.8 Å². The largest absolute Gasteiger partial charge is 0.462 e. The maximum Gasteiger partial charge on any atom is 0.355 e. The van der Waals surface area contributed by atoms with Gasteiger partial charge in [0.05, 0.1) is 12.3 Å². The Kier molecular flexibility index (Phi) is 5.52. The van der Waals surface area contributed by atoms with Crippen molar-refractivity contribution in [2.24, 2.45) is 5.92 Å². The van der Waals surface area contributed by atoms with Gasteiger partial charge in [0.2, 0.25) is 0 Å². The molecule has 2 atom stereocenters. The van der Waals surface area contributed by atoms with Gasteiger partial charge in [-0.2, -0.15) is 0 Å². The topological polar surface area (TPSA) is 102 Å². The van der Waals surface area contributed by atoms with Crippen LogP contribution >= 0.6 is 0 Å². The van der Waals surface area contributed by atoms with E-state index in [2.05, 4.69) is 5.32 Å². The number of fused-ring (bicyclic) bond motifs is 1. The lowest BCUT2D eigenvalue weighted by Crippen LogP contribution is -2.41. The van der Waals surface area contributed by atoms with Crippen LogP contribution in [0.1, 0.15) is 18.1 Å². The molecule has 1 fully saturated rings. The Labute approximate surface area is 184 Å². The molecule has 164 valence electrons. The van der Waals surface area contributed by atoms with Crippen molar-refractivity contribution in [3.05, 3.63) is 70.9 Å². The predicted octanol–water partition coefficient (Wildman–Crippen LogP) is 2.65. The molecule has 0 aliphatic carbocycles.